The highest BCUT2D eigenvalue weighted by atomic mass is 79.9. The molecule has 0 aliphatic carbocycles. The van der Waals surface area contributed by atoms with Crippen LogP contribution >= 0.6 is 15.9 Å². The molecular weight excluding hydrogens is 340 g/mol. The first-order valence-electron chi connectivity index (χ1n) is 6.83. The molecule has 4 aromatic rings. The Balaban J connectivity index is 1.79. The third-order valence-corrected chi connectivity index (χ3v) is 4.00. The monoisotopic (exact) mass is 350 g/mol. The van der Waals surface area contributed by atoms with Crippen molar-refractivity contribution in [2.24, 2.45) is 0 Å². The summed E-state index contributed by atoms with van der Waals surface area (Å²) < 4.78 is 2.96. The van der Waals surface area contributed by atoms with Gasteiger partial charge in [-0.1, -0.05) is 46.3 Å². The summed E-state index contributed by atoms with van der Waals surface area (Å²) >= 11 is 3.43. The van der Waals surface area contributed by atoms with E-state index in [1.54, 1.807) is 6.33 Å². The van der Waals surface area contributed by atoms with E-state index in [0.29, 0.717) is 0 Å². The second-order valence-corrected chi connectivity index (χ2v) is 5.81. The Hall–Kier alpha value is -2.53. The van der Waals surface area contributed by atoms with Gasteiger partial charge in [0.15, 0.2) is 11.5 Å². The second-order valence-electron chi connectivity index (χ2n) is 4.90. The lowest BCUT2D eigenvalue weighted by Crippen LogP contribution is -1.91. The van der Waals surface area contributed by atoms with Gasteiger partial charge in [-0.2, -0.15) is 0 Å². The summed E-state index contributed by atoms with van der Waals surface area (Å²) in [5, 5.41) is 9.54. The van der Waals surface area contributed by atoms with Gasteiger partial charge < -0.3 is 0 Å². The molecule has 4 nitrogen and oxygen atoms in total. The molecule has 2 aromatic carbocycles. The van der Waals surface area contributed by atoms with E-state index in [2.05, 4.69) is 31.1 Å². The van der Waals surface area contributed by atoms with Crippen LogP contribution in [0.2, 0.25) is 0 Å². The second kappa shape index (κ2) is 5.35. The SMILES string of the molecule is Brc1ccc(C=Cc2nnc3c4ccccc4ncn23)cc1. The van der Waals surface area contributed by atoms with Gasteiger partial charge in [0, 0.05) is 9.86 Å². The molecule has 0 fully saturated rings. The van der Waals surface area contributed by atoms with Crippen molar-refractivity contribution in [1.82, 2.24) is 19.6 Å². The molecule has 0 radical (unpaired) electrons. The third kappa shape index (κ3) is 2.29. The van der Waals surface area contributed by atoms with Crippen molar-refractivity contribution in [2.75, 3.05) is 0 Å². The van der Waals surface area contributed by atoms with E-state index in [1.807, 2.05) is 65.1 Å². The molecule has 5 heteroatoms. The van der Waals surface area contributed by atoms with Crippen LogP contribution in [0.4, 0.5) is 0 Å². The number of benzene rings is 2. The first-order chi connectivity index (χ1) is 10.8. The summed E-state index contributed by atoms with van der Waals surface area (Å²) in [6.07, 6.45) is 5.72. The molecule has 0 bridgehead atoms. The number of para-hydroxylation sites is 1. The topological polar surface area (TPSA) is 43.1 Å². The highest BCUT2D eigenvalue weighted by molar-refractivity contribution is 9.10. The van der Waals surface area contributed by atoms with Gasteiger partial charge in [-0.05, 0) is 35.9 Å². The zero-order valence-corrected chi connectivity index (χ0v) is 13.1. The van der Waals surface area contributed by atoms with Crippen LogP contribution in [0, 0.1) is 0 Å². The first kappa shape index (κ1) is 13.2. The van der Waals surface area contributed by atoms with Crippen molar-refractivity contribution < 1.29 is 0 Å². The van der Waals surface area contributed by atoms with Gasteiger partial charge in [-0.3, -0.25) is 4.40 Å². The van der Waals surface area contributed by atoms with Crippen LogP contribution < -0.4 is 0 Å². The highest BCUT2D eigenvalue weighted by Gasteiger charge is 2.06. The average Bonchev–Trinajstić information content (AvgIpc) is 2.98. The molecule has 0 saturated carbocycles. The number of aromatic nitrogens is 4. The van der Waals surface area contributed by atoms with Gasteiger partial charge in [0.1, 0.15) is 6.33 Å². The molecule has 0 saturated heterocycles. The lowest BCUT2D eigenvalue weighted by atomic mass is 10.2. The van der Waals surface area contributed by atoms with E-state index in [-0.39, 0.29) is 0 Å². The quantitative estimate of drug-likeness (QED) is 0.543. The lowest BCUT2D eigenvalue weighted by molar-refractivity contribution is 1.06. The molecule has 0 atom stereocenters. The van der Waals surface area contributed by atoms with Crippen molar-refractivity contribution >= 4 is 44.6 Å². The van der Waals surface area contributed by atoms with Crippen molar-refractivity contribution in [2.45, 2.75) is 0 Å². The van der Waals surface area contributed by atoms with Crippen LogP contribution in [-0.2, 0) is 0 Å². The minimum Gasteiger partial charge on any atom is -0.265 e. The standard InChI is InChI=1S/C17H11BrN4/c18-13-8-5-12(6-9-13)7-10-16-20-21-17-14-3-1-2-4-15(14)19-11-22(16)17/h1-11H. The Labute approximate surface area is 135 Å². The van der Waals surface area contributed by atoms with Gasteiger partial charge in [-0.15, -0.1) is 10.2 Å². The predicted octanol–water partition coefficient (Wildman–Crippen LogP) is 4.21. The Bertz CT molecular complexity index is 987. The zero-order valence-electron chi connectivity index (χ0n) is 11.5. The van der Waals surface area contributed by atoms with Crippen molar-refractivity contribution in [3.63, 3.8) is 0 Å². The average molecular weight is 351 g/mol. The minimum absolute atomic E-state index is 0.760. The molecule has 0 N–H and O–H groups in total. The van der Waals surface area contributed by atoms with Crippen LogP contribution in [0.1, 0.15) is 11.4 Å². The molecular formula is C17H11BrN4. The number of fused-ring (bicyclic) bond motifs is 3. The van der Waals surface area contributed by atoms with Gasteiger partial charge in [0.25, 0.3) is 0 Å². The number of rotatable bonds is 2. The normalized spacial score (nSPS) is 11.7. The van der Waals surface area contributed by atoms with Crippen LogP contribution in [0.15, 0.2) is 59.3 Å². The zero-order chi connectivity index (χ0) is 14.9. The van der Waals surface area contributed by atoms with E-state index in [9.17, 15) is 0 Å². The number of hydrogen-bond acceptors (Lipinski definition) is 3. The summed E-state index contributed by atoms with van der Waals surface area (Å²) in [6.45, 7) is 0. The van der Waals surface area contributed by atoms with E-state index in [0.717, 1.165) is 32.4 Å². The smallest absolute Gasteiger partial charge is 0.171 e. The molecule has 0 aliphatic rings. The summed E-state index contributed by atoms with van der Waals surface area (Å²) in [5.74, 6) is 0.760. The lowest BCUT2D eigenvalue weighted by Gasteiger charge is -1.99. The molecule has 0 amide bonds. The molecule has 0 aliphatic heterocycles. The van der Waals surface area contributed by atoms with Gasteiger partial charge in [0.2, 0.25) is 0 Å². The van der Waals surface area contributed by atoms with E-state index in [1.165, 1.54) is 0 Å². The first-order valence-corrected chi connectivity index (χ1v) is 7.63. The van der Waals surface area contributed by atoms with E-state index >= 15 is 0 Å². The van der Waals surface area contributed by atoms with E-state index < -0.39 is 0 Å². The Morgan fingerprint density at radius 2 is 1.73 bits per heavy atom. The predicted molar refractivity (Wildman–Crippen MR) is 91.4 cm³/mol. The molecule has 2 heterocycles. The largest absolute Gasteiger partial charge is 0.265 e. The van der Waals surface area contributed by atoms with Crippen molar-refractivity contribution in [1.29, 1.82) is 0 Å². The fraction of sp³-hybridized carbons (Fsp3) is 0. The van der Waals surface area contributed by atoms with Crippen LogP contribution in [0.25, 0.3) is 28.7 Å². The minimum atomic E-state index is 0.760. The Morgan fingerprint density at radius 3 is 2.59 bits per heavy atom. The fourth-order valence-corrected chi connectivity index (χ4v) is 2.62. The number of hydrogen-bond donors (Lipinski definition) is 0. The van der Waals surface area contributed by atoms with Crippen LogP contribution in [0.5, 0.6) is 0 Å². The number of nitrogens with zero attached hydrogens (tertiary/aromatic N) is 4. The maximum absolute atomic E-state index is 4.45. The molecule has 2 aromatic heterocycles. The maximum atomic E-state index is 4.45. The summed E-state index contributed by atoms with van der Waals surface area (Å²) in [6, 6.07) is 16.0. The summed E-state index contributed by atoms with van der Waals surface area (Å²) in [5.41, 5.74) is 2.85. The Kier molecular flexibility index (Phi) is 3.20. The molecule has 106 valence electrons. The van der Waals surface area contributed by atoms with Crippen molar-refractivity contribution in [3.05, 3.63) is 70.7 Å². The van der Waals surface area contributed by atoms with Gasteiger partial charge >= 0.3 is 0 Å². The highest BCUT2D eigenvalue weighted by Crippen LogP contribution is 2.18. The van der Waals surface area contributed by atoms with Gasteiger partial charge in [-0.25, -0.2) is 4.98 Å². The van der Waals surface area contributed by atoms with Crippen molar-refractivity contribution in [3.8, 4) is 0 Å². The molecule has 0 unspecified atom stereocenters. The van der Waals surface area contributed by atoms with Gasteiger partial charge in [0.05, 0.1) is 5.52 Å². The molecule has 4 rings (SSSR count). The fourth-order valence-electron chi connectivity index (χ4n) is 2.35. The van der Waals surface area contributed by atoms with Crippen LogP contribution in [0.3, 0.4) is 0 Å². The third-order valence-electron chi connectivity index (χ3n) is 3.47. The summed E-state index contributed by atoms with van der Waals surface area (Å²) in [7, 11) is 0. The molecule has 22 heavy (non-hydrogen) atoms. The van der Waals surface area contributed by atoms with E-state index in [4.69, 9.17) is 0 Å². The summed E-state index contributed by atoms with van der Waals surface area (Å²) in [4.78, 5) is 4.45. The maximum Gasteiger partial charge on any atom is 0.171 e. The molecule has 0 spiro atoms. The van der Waals surface area contributed by atoms with Crippen LogP contribution in [-0.4, -0.2) is 19.6 Å². The number of halogens is 1. The Morgan fingerprint density at radius 1 is 0.909 bits per heavy atom.